The number of anilines is 2. The lowest BCUT2D eigenvalue weighted by Gasteiger charge is -2.07. The molecule has 1 heterocycles. The van der Waals surface area contributed by atoms with Crippen molar-refractivity contribution in [3.05, 3.63) is 57.6 Å². The fourth-order valence-corrected chi connectivity index (χ4v) is 2.04. The summed E-state index contributed by atoms with van der Waals surface area (Å²) >= 11 is 0. The van der Waals surface area contributed by atoms with Crippen molar-refractivity contribution >= 4 is 23.0 Å². The summed E-state index contributed by atoms with van der Waals surface area (Å²) in [5.41, 5.74) is 2.09. The second-order valence-corrected chi connectivity index (χ2v) is 4.50. The Kier molecular flexibility index (Phi) is 2.64. The number of hydrogen-bond donors (Lipinski definition) is 1. The predicted molar refractivity (Wildman–Crippen MR) is 72.5 cm³/mol. The van der Waals surface area contributed by atoms with Crippen LogP contribution in [0, 0.1) is 17.0 Å². The van der Waals surface area contributed by atoms with Crippen LogP contribution in [0.4, 0.5) is 17.1 Å². The van der Waals surface area contributed by atoms with Gasteiger partial charge in [0.1, 0.15) is 0 Å². The third kappa shape index (κ3) is 1.97. The Labute approximate surface area is 114 Å². The Morgan fingerprint density at radius 3 is 2.65 bits per heavy atom. The third-order valence-corrected chi connectivity index (χ3v) is 3.04. The van der Waals surface area contributed by atoms with Crippen molar-refractivity contribution in [2.24, 2.45) is 0 Å². The summed E-state index contributed by atoms with van der Waals surface area (Å²) in [4.78, 5) is 22.3. The summed E-state index contributed by atoms with van der Waals surface area (Å²) in [6.45, 7) is 1.89. The first kappa shape index (κ1) is 12.2. The van der Waals surface area contributed by atoms with E-state index in [-0.39, 0.29) is 11.3 Å². The van der Waals surface area contributed by atoms with Gasteiger partial charge in [-0.3, -0.25) is 10.1 Å². The first-order valence-corrected chi connectivity index (χ1v) is 5.93. The topological polar surface area (TPSA) is 81.5 Å². The van der Waals surface area contributed by atoms with Crippen LogP contribution in [0.2, 0.25) is 0 Å². The molecule has 6 nitrogen and oxygen atoms in total. The molecule has 0 saturated heterocycles. The van der Waals surface area contributed by atoms with Crippen molar-refractivity contribution in [2.45, 2.75) is 6.92 Å². The maximum Gasteiger partial charge on any atom is 0.345 e. The number of nitrogens with zero attached hydrogens (tertiary/aromatic N) is 1. The van der Waals surface area contributed by atoms with Crippen molar-refractivity contribution in [3.63, 3.8) is 0 Å². The molecular weight excluding hydrogens is 260 g/mol. The number of ether oxygens (including phenoxy) is 1. The van der Waals surface area contributed by atoms with Gasteiger partial charge in [-0.1, -0.05) is 6.07 Å². The van der Waals surface area contributed by atoms with Gasteiger partial charge in [-0.25, -0.2) is 4.79 Å². The number of aryl methyl sites for hydroxylation is 1. The van der Waals surface area contributed by atoms with E-state index in [9.17, 15) is 14.9 Å². The number of non-ortho nitro benzene ring substituents is 1. The van der Waals surface area contributed by atoms with E-state index >= 15 is 0 Å². The number of nitro benzene ring substituents is 1. The van der Waals surface area contributed by atoms with Crippen LogP contribution in [0.3, 0.4) is 0 Å². The zero-order valence-electron chi connectivity index (χ0n) is 10.5. The molecule has 0 fully saturated rings. The number of carbonyl (C=O) groups is 1. The Hall–Kier alpha value is -2.89. The summed E-state index contributed by atoms with van der Waals surface area (Å²) in [6, 6.07) is 9.48. The smallest absolute Gasteiger partial charge is 0.345 e. The Morgan fingerprint density at radius 2 is 1.90 bits per heavy atom. The highest BCUT2D eigenvalue weighted by atomic mass is 16.6. The van der Waals surface area contributed by atoms with Crippen molar-refractivity contribution in [2.75, 3.05) is 5.32 Å². The Balaban J connectivity index is 2.12. The standard InChI is InChI=1S/C14H10N2O4/c1-8-2-4-12-13(6-8)20-14(17)10-7-9(16(18)19)3-5-11(10)15-12/h2-7,15H,1H3. The van der Waals surface area contributed by atoms with Crippen LogP contribution in [-0.2, 0) is 0 Å². The maximum atomic E-state index is 12.1. The van der Waals surface area contributed by atoms with Crippen LogP contribution in [-0.4, -0.2) is 10.9 Å². The number of carbonyl (C=O) groups excluding carboxylic acids is 1. The van der Waals surface area contributed by atoms with E-state index in [1.807, 2.05) is 13.0 Å². The number of hydrogen-bond acceptors (Lipinski definition) is 5. The zero-order valence-corrected chi connectivity index (χ0v) is 10.5. The average molecular weight is 270 g/mol. The molecule has 2 aromatic rings. The first-order chi connectivity index (χ1) is 9.54. The van der Waals surface area contributed by atoms with E-state index in [4.69, 9.17) is 4.74 Å². The molecule has 0 amide bonds. The molecule has 2 aromatic carbocycles. The lowest BCUT2D eigenvalue weighted by atomic mass is 10.1. The van der Waals surface area contributed by atoms with E-state index in [0.717, 1.165) is 5.56 Å². The molecule has 0 spiro atoms. The summed E-state index contributed by atoms with van der Waals surface area (Å²) < 4.78 is 5.27. The molecular formula is C14H10N2O4. The molecule has 20 heavy (non-hydrogen) atoms. The molecule has 0 aliphatic carbocycles. The molecule has 0 radical (unpaired) electrons. The van der Waals surface area contributed by atoms with Crippen LogP contribution >= 0.6 is 0 Å². The minimum absolute atomic E-state index is 0.146. The minimum atomic E-state index is -0.611. The van der Waals surface area contributed by atoms with Gasteiger partial charge < -0.3 is 10.1 Å². The Morgan fingerprint density at radius 1 is 1.15 bits per heavy atom. The summed E-state index contributed by atoms with van der Waals surface area (Å²) in [5, 5.41) is 13.8. The van der Waals surface area contributed by atoms with Gasteiger partial charge in [0.2, 0.25) is 0 Å². The van der Waals surface area contributed by atoms with Gasteiger partial charge in [0.05, 0.1) is 21.9 Å². The van der Waals surface area contributed by atoms with Crippen LogP contribution < -0.4 is 10.1 Å². The molecule has 1 N–H and O–H groups in total. The number of esters is 1. The highest BCUT2D eigenvalue weighted by Gasteiger charge is 2.23. The van der Waals surface area contributed by atoms with Crippen LogP contribution in [0.25, 0.3) is 0 Å². The second-order valence-electron chi connectivity index (χ2n) is 4.50. The van der Waals surface area contributed by atoms with Crippen molar-refractivity contribution < 1.29 is 14.5 Å². The van der Waals surface area contributed by atoms with Gasteiger partial charge in [0.15, 0.2) is 5.75 Å². The molecule has 0 unspecified atom stereocenters. The number of nitro groups is 1. The fourth-order valence-electron chi connectivity index (χ4n) is 2.04. The van der Waals surface area contributed by atoms with Crippen LogP contribution in [0.15, 0.2) is 36.4 Å². The van der Waals surface area contributed by atoms with Gasteiger partial charge in [0.25, 0.3) is 5.69 Å². The lowest BCUT2D eigenvalue weighted by Crippen LogP contribution is -2.08. The number of fused-ring (bicyclic) bond motifs is 2. The molecule has 1 aliphatic rings. The molecule has 6 heteroatoms. The number of nitrogens with one attached hydrogen (secondary N) is 1. The van der Waals surface area contributed by atoms with Gasteiger partial charge in [-0.15, -0.1) is 0 Å². The molecule has 100 valence electrons. The fraction of sp³-hybridized carbons (Fsp3) is 0.0714. The molecule has 3 rings (SSSR count). The Bertz CT molecular complexity index is 740. The average Bonchev–Trinajstić information content (AvgIpc) is 2.54. The highest BCUT2D eigenvalue weighted by molar-refractivity contribution is 6.01. The van der Waals surface area contributed by atoms with Crippen LogP contribution in [0.1, 0.15) is 15.9 Å². The second kappa shape index (κ2) is 4.34. The normalized spacial score (nSPS) is 12.6. The third-order valence-electron chi connectivity index (χ3n) is 3.04. The van der Waals surface area contributed by atoms with E-state index in [2.05, 4.69) is 5.32 Å². The van der Waals surface area contributed by atoms with Crippen molar-refractivity contribution in [1.29, 1.82) is 0 Å². The predicted octanol–water partition coefficient (Wildman–Crippen LogP) is 3.18. The first-order valence-electron chi connectivity index (χ1n) is 5.93. The molecule has 1 aliphatic heterocycles. The largest absolute Gasteiger partial charge is 0.421 e. The van der Waals surface area contributed by atoms with E-state index in [1.165, 1.54) is 18.2 Å². The highest BCUT2D eigenvalue weighted by Crippen LogP contribution is 2.35. The molecule has 0 bridgehead atoms. The summed E-state index contributed by atoms with van der Waals surface area (Å²) in [5.74, 6) is -0.200. The van der Waals surface area contributed by atoms with Crippen molar-refractivity contribution in [3.8, 4) is 5.75 Å². The monoisotopic (exact) mass is 270 g/mol. The minimum Gasteiger partial charge on any atom is -0.421 e. The van der Waals surface area contributed by atoms with Crippen LogP contribution in [0.5, 0.6) is 5.75 Å². The van der Waals surface area contributed by atoms with E-state index in [0.29, 0.717) is 17.1 Å². The molecule has 0 aromatic heterocycles. The SMILES string of the molecule is Cc1ccc2c(c1)OC(=O)c1cc([N+](=O)[O-])ccc1N2. The molecule has 0 atom stereocenters. The van der Waals surface area contributed by atoms with E-state index in [1.54, 1.807) is 12.1 Å². The van der Waals surface area contributed by atoms with Gasteiger partial charge in [-0.2, -0.15) is 0 Å². The quantitative estimate of drug-likeness (QED) is 0.372. The van der Waals surface area contributed by atoms with Gasteiger partial charge in [-0.05, 0) is 30.7 Å². The molecule has 0 saturated carbocycles. The lowest BCUT2D eigenvalue weighted by molar-refractivity contribution is -0.384. The van der Waals surface area contributed by atoms with Gasteiger partial charge in [0, 0.05) is 12.1 Å². The zero-order chi connectivity index (χ0) is 14.3. The summed E-state index contributed by atoms with van der Waals surface area (Å²) in [6.07, 6.45) is 0. The summed E-state index contributed by atoms with van der Waals surface area (Å²) in [7, 11) is 0. The van der Waals surface area contributed by atoms with Gasteiger partial charge >= 0.3 is 5.97 Å². The number of benzene rings is 2. The van der Waals surface area contributed by atoms with Crippen molar-refractivity contribution in [1.82, 2.24) is 0 Å². The van der Waals surface area contributed by atoms with E-state index < -0.39 is 10.9 Å². The number of rotatable bonds is 1. The maximum absolute atomic E-state index is 12.1.